The third-order valence-electron chi connectivity index (χ3n) is 2.87. The smallest absolute Gasteiger partial charge is 0.276 e. The molecule has 1 saturated heterocycles. The summed E-state index contributed by atoms with van der Waals surface area (Å²) in [4.78, 5) is 13.2. The molecule has 1 aliphatic rings. The van der Waals surface area contributed by atoms with Gasteiger partial charge in [-0.15, -0.1) is 0 Å². The lowest BCUT2D eigenvalue weighted by atomic mass is 10.1. The number of nitrogens with one attached hydrogen (secondary N) is 1. The Bertz CT molecular complexity index is 687. The van der Waals surface area contributed by atoms with Gasteiger partial charge in [0, 0.05) is 12.4 Å². The Balaban J connectivity index is 2.00. The van der Waals surface area contributed by atoms with Crippen LogP contribution < -0.4 is 5.32 Å². The summed E-state index contributed by atoms with van der Waals surface area (Å²) in [6.45, 7) is 0. The van der Waals surface area contributed by atoms with Crippen LogP contribution in [0.1, 0.15) is 5.56 Å². The SMILES string of the molecule is CN1C(=O)/C(=C/c2ccc3ccoc3c2)NC1=S. The minimum atomic E-state index is -0.125. The quantitative estimate of drug-likeness (QED) is 0.628. The zero-order valence-corrected chi connectivity index (χ0v) is 10.5. The van der Waals surface area contributed by atoms with Crippen LogP contribution in [0.2, 0.25) is 0 Å². The van der Waals surface area contributed by atoms with Gasteiger partial charge in [-0.2, -0.15) is 0 Å². The lowest BCUT2D eigenvalue weighted by Crippen LogP contribution is -2.25. The summed E-state index contributed by atoms with van der Waals surface area (Å²) < 4.78 is 5.32. The van der Waals surface area contributed by atoms with Crippen LogP contribution in [0.4, 0.5) is 0 Å². The minimum absolute atomic E-state index is 0.125. The first-order valence-corrected chi connectivity index (χ1v) is 5.84. The number of hydrogen-bond donors (Lipinski definition) is 1. The van der Waals surface area contributed by atoms with Gasteiger partial charge in [0.15, 0.2) is 5.11 Å². The van der Waals surface area contributed by atoms with Crippen molar-refractivity contribution in [2.75, 3.05) is 7.05 Å². The van der Waals surface area contributed by atoms with Gasteiger partial charge in [-0.1, -0.05) is 12.1 Å². The highest BCUT2D eigenvalue weighted by molar-refractivity contribution is 7.80. The van der Waals surface area contributed by atoms with Crippen LogP contribution in [0.3, 0.4) is 0 Å². The number of nitrogens with zero attached hydrogens (tertiary/aromatic N) is 1. The van der Waals surface area contributed by atoms with E-state index in [4.69, 9.17) is 16.6 Å². The van der Waals surface area contributed by atoms with Crippen molar-refractivity contribution >= 4 is 40.3 Å². The number of rotatable bonds is 1. The Morgan fingerprint density at radius 1 is 1.39 bits per heavy atom. The molecule has 0 aliphatic carbocycles. The lowest BCUT2D eigenvalue weighted by Gasteiger charge is -2.02. The molecule has 4 nitrogen and oxygen atoms in total. The second-order valence-electron chi connectivity index (χ2n) is 4.07. The van der Waals surface area contributed by atoms with E-state index < -0.39 is 0 Å². The third kappa shape index (κ3) is 1.69. The fourth-order valence-corrected chi connectivity index (χ4v) is 2.04. The molecule has 0 unspecified atom stereocenters. The van der Waals surface area contributed by atoms with Gasteiger partial charge in [0.25, 0.3) is 5.91 Å². The van der Waals surface area contributed by atoms with Crippen molar-refractivity contribution in [1.29, 1.82) is 0 Å². The number of thiocarbonyl (C=S) groups is 1. The summed E-state index contributed by atoms with van der Waals surface area (Å²) in [6.07, 6.45) is 3.41. The van der Waals surface area contributed by atoms with E-state index in [1.54, 1.807) is 19.4 Å². The average Bonchev–Trinajstić information content (AvgIpc) is 2.91. The van der Waals surface area contributed by atoms with Crippen LogP contribution in [-0.4, -0.2) is 23.0 Å². The zero-order valence-electron chi connectivity index (χ0n) is 9.64. The molecule has 1 amide bonds. The fraction of sp³-hybridized carbons (Fsp3) is 0.0769. The number of likely N-dealkylation sites (N-methyl/N-ethyl adjacent to an activating group) is 1. The highest BCUT2D eigenvalue weighted by Crippen LogP contribution is 2.19. The molecule has 2 aromatic rings. The number of benzene rings is 1. The third-order valence-corrected chi connectivity index (χ3v) is 3.25. The van der Waals surface area contributed by atoms with E-state index in [0.29, 0.717) is 10.8 Å². The molecule has 90 valence electrons. The Kier molecular flexibility index (Phi) is 2.41. The van der Waals surface area contributed by atoms with E-state index in [9.17, 15) is 4.79 Å². The number of carbonyl (C=O) groups excluding carboxylic acids is 1. The fourth-order valence-electron chi connectivity index (χ4n) is 1.85. The molecule has 2 heterocycles. The van der Waals surface area contributed by atoms with Crippen molar-refractivity contribution in [2.45, 2.75) is 0 Å². The van der Waals surface area contributed by atoms with Crippen LogP contribution in [0.25, 0.3) is 17.0 Å². The molecule has 1 aliphatic heterocycles. The van der Waals surface area contributed by atoms with Crippen LogP contribution >= 0.6 is 12.2 Å². The van der Waals surface area contributed by atoms with E-state index in [-0.39, 0.29) is 5.91 Å². The Morgan fingerprint density at radius 3 is 2.94 bits per heavy atom. The number of furan rings is 1. The number of fused-ring (bicyclic) bond motifs is 1. The van der Waals surface area contributed by atoms with E-state index in [2.05, 4.69) is 5.32 Å². The molecule has 1 aromatic carbocycles. The minimum Gasteiger partial charge on any atom is -0.464 e. The van der Waals surface area contributed by atoms with Crippen LogP contribution in [0.5, 0.6) is 0 Å². The summed E-state index contributed by atoms with van der Waals surface area (Å²) in [5.74, 6) is -0.125. The molecule has 18 heavy (non-hydrogen) atoms. The molecule has 0 bridgehead atoms. The number of hydrogen-bond acceptors (Lipinski definition) is 3. The van der Waals surface area contributed by atoms with Crippen molar-refractivity contribution in [3.63, 3.8) is 0 Å². The van der Waals surface area contributed by atoms with Crippen molar-refractivity contribution in [2.24, 2.45) is 0 Å². The Hall–Kier alpha value is -2.14. The maximum absolute atomic E-state index is 11.8. The van der Waals surface area contributed by atoms with Gasteiger partial charge in [0.05, 0.1) is 6.26 Å². The standard InChI is InChI=1S/C13H10N2O2S/c1-15-12(16)10(14-13(15)18)6-8-2-3-9-4-5-17-11(9)7-8/h2-7H,1H3,(H,14,18)/b10-6-. The van der Waals surface area contributed by atoms with Crippen molar-refractivity contribution < 1.29 is 9.21 Å². The van der Waals surface area contributed by atoms with Gasteiger partial charge in [-0.05, 0) is 36.0 Å². The summed E-state index contributed by atoms with van der Waals surface area (Å²) in [5, 5.41) is 4.34. The highest BCUT2D eigenvalue weighted by Gasteiger charge is 2.26. The molecular formula is C13H10N2O2S. The molecule has 5 heteroatoms. The molecule has 1 fully saturated rings. The van der Waals surface area contributed by atoms with Crippen molar-refractivity contribution in [3.8, 4) is 0 Å². The lowest BCUT2D eigenvalue weighted by molar-refractivity contribution is -0.121. The van der Waals surface area contributed by atoms with E-state index >= 15 is 0 Å². The molecular weight excluding hydrogens is 248 g/mol. The van der Waals surface area contributed by atoms with Gasteiger partial charge >= 0.3 is 0 Å². The predicted molar refractivity (Wildman–Crippen MR) is 72.7 cm³/mol. The molecule has 0 spiro atoms. The van der Waals surface area contributed by atoms with Gasteiger partial charge in [0.1, 0.15) is 11.3 Å². The summed E-state index contributed by atoms with van der Waals surface area (Å²) >= 11 is 5.01. The number of carbonyl (C=O) groups is 1. The largest absolute Gasteiger partial charge is 0.464 e. The monoisotopic (exact) mass is 258 g/mol. The molecule has 0 radical (unpaired) electrons. The van der Waals surface area contributed by atoms with E-state index in [1.807, 2.05) is 24.3 Å². The maximum Gasteiger partial charge on any atom is 0.276 e. The summed E-state index contributed by atoms with van der Waals surface area (Å²) in [6, 6.07) is 7.67. The Morgan fingerprint density at radius 2 is 2.22 bits per heavy atom. The second kappa shape index (κ2) is 3.96. The molecule has 1 N–H and O–H groups in total. The van der Waals surface area contributed by atoms with E-state index in [1.165, 1.54) is 4.90 Å². The van der Waals surface area contributed by atoms with Gasteiger partial charge in [-0.3, -0.25) is 9.69 Å². The second-order valence-corrected chi connectivity index (χ2v) is 4.46. The molecule has 0 atom stereocenters. The van der Waals surface area contributed by atoms with E-state index in [0.717, 1.165) is 16.5 Å². The highest BCUT2D eigenvalue weighted by atomic mass is 32.1. The topological polar surface area (TPSA) is 45.5 Å². The number of amides is 1. The average molecular weight is 258 g/mol. The van der Waals surface area contributed by atoms with Crippen LogP contribution in [0.15, 0.2) is 40.6 Å². The zero-order chi connectivity index (χ0) is 12.7. The summed E-state index contributed by atoms with van der Waals surface area (Å²) in [5.41, 5.74) is 2.17. The first-order chi connectivity index (χ1) is 8.65. The first kappa shape index (κ1) is 11.0. The molecule has 0 saturated carbocycles. The summed E-state index contributed by atoms with van der Waals surface area (Å²) in [7, 11) is 1.65. The molecule has 1 aromatic heterocycles. The molecule has 3 rings (SSSR count). The normalized spacial score (nSPS) is 17.8. The van der Waals surface area contributed by atoms with Crippen LogP contribution in [-0.2, 0) is 4.79 Å². The van der Waals surface area contributed by atoms with Gasteiger partial charge in [0.2, 0.25) is 0 Å². The predicted octanol–water partition coefficient (Wildman–Crippen LogP) is 2.12. The van der Waals surface area contributed by atoms with Crippen molar-refractivity contribution in [3.05, 3.63) is 41.8 Å². The first-order valence-electron chi connectivity index (χ1n) is 5.43. The van der Waals surface area contributed by atoms with Gasteiger partial charge in [-0.25, -0.2) is 0 Å². The van der Waals surface area contributed by atoms with Crippen LogP contribution in [0, 0.1) is 0 Å². The van der Waals surface area contributed by atoms with Crippen molar-refractivity contribution in [1.82, 2.24) is 10.2 Å². The van der Waals surface area contributed by atoms with Gasteiger partial charge < -0.3 is 9.73 Å². The Labute approximate surface area is 109 Å². The maximum atomic E-state index is 11.8.